The summed E-state index contributed by atoms with van der Waals surface area (Å²) in [5, 5.41) is 11.5. The first-order chi connectivity index (χ1) is 8.79. The lowest BCUT2D eigenvalue weighted by Gasteiger charge is -1.97. The van der Waals surface area contributed by atoms with E-state index in [0.29, 0.717) is 16.5 Å². The van der Waals surface area contributed by atoms with Gasteiger partial charge in [0.2, 0.25) is 5.76 Å². The second kappa shape index (κ2) is 4.21. The highest BCUT2D eigenvalue weighted by Gasteiger charge is 2.13. The Morgan fingerprint density at radius 3 is 2.28 bits per heavy atom. The minimum absolute atomic E-state index is 0.343. The molecular formula is C15H8ClNO. The molecule has 2 aromatic carbocycles. The number of nitriles is 1. The molecule has 86 valence electrons. The molecule has 0 saturated carbocycles. The molecule has 0 unspecified atom stereocenters. The highest BCUT2D eigenvalue weighted by molar-refractivity contribution is 6.30. The third kappa shape index (κ3) is 1.66. The molecule has 0 aliphatic heterocycles. The SMILES string of the molecule is N#Cc1oc(-c2ccc(Cl)cc2)c2ccccc12. The Morgan fingerprint density at radius 2 is 1.61 bits per heavy atom. The van der Waals surface area contributed by atoms with Gasteiger partial charge in [-0.3, -0.25) is 0 Å². The highest BCUT2D eigenvalue weighted by Crippen LogP contribution is 2.33. The van der Waals surface area contributed by atoms with Crippen LogP contribution in [0.2, 0.25) is 5.02 Å². The third-order valence-electron chi connectivity index (χ3n) is 2.83. The lowest BCUT2D eigenvalue weighted by Crippen LogP contribution is -1.74. The molecule has 0 saturated heterocycles. The van der Waals surface area contributed by atoms with E-state index >= 15 is 0 Å². The van der Waals surface area contributed by atoms with Crippen LogP contribution in [0.4, 0.5) is 0 Å². The number of halogens is 1. The van der Waals surface area contributed by atoms with Crippen LogP contribution in [-0.4, -0.2) is 0 Å². The van der Waals surface area contributed by atoms with Gasteiger partial charge in [-0.15, -0.1) is 0 Å². The number of rotatable bonds is 1. The molecule has 0 aliphatic carbocycles. The molecule has 0 bridgehead atoms. The normalized spacial score (nSPS) is 10.4. The topological polar surface area (TPSA) is 36.9 Å². The van der Waals surface area contributed by atoms with E-state index in [1.807, 2.05) is 36.4 Å². The Bertz CT molecular complexity index is 750. The second-order valence-corrected chi connectivity index (χ2v) is 4.36. The zero-order valence-electron chi connectivity index (χ0n) is 9.35. The van der Waals surface area contributed by atoms with E-state index in [1.165, 1.54) is 0 Å². The maximum atomic E-state index is 9.08. The molecule has 0 amide bonds. The van der Waals surface area contributed by atoms with Crippen molar-refractivity contribution >= 4 is 22.4 Å². The Hall–Kier alpha value is -2.24. The zero-order chi connectivity index (χ0) is 12.5. The molecule has 1 heterocycles. The lowest BCUT2D eigenvalue weighted by atomic mass is 10.1. The van der Waals surface area contributed by atoms with Crippen LogP contribution in [0.3, 0.4) is 0 Å². The summed E-state index contributed by atoms with van der Waals surface area (Å²) in [4.78, 5) is 0. The summed E-state index contributed by atoms with van der Waals surface area (Å²) in [6, 6.07) is 17.1. The van der Waals surface area contributed by atoms with Crippen molar-refractivity contribution in [3.63, 3.8) is 0 Å². The molecule has 18 heavy (non-hydrogen) atoms. The smallest absolute Gasteiger partial charge is 0.212 e. The number of fused-ring (bicyclic) bond motifs is 1. The molecule has 0 atom stereocenters. The van der Waals surface area contributed by atoms with Crippen molar-refractivity contribution in [3.05, 3.63) is 59.3 Å². The lowest BCUT2D eigenvalue weighted by molar-refractivity contribution is 0.572. The number of benzene rings is 2. The minimum atomic E-state index is 0.343. The van der Waals surface area contributed by atoms with E-state index in [1.54, 1.807) is 12.1 Å². The van der Waals surface area contributed by atoms with Gasteiger partial charge in [-0.1, -0.05) is 29.8 Å². The van der Waals surface area contributed by atoms with Crippen LogP contribution < -0.4 is 0 Å². The van der Waals surface area contributed by atoms with E-state index in [-0.39, 0.29) is 0 Å². The summed E-state index contributed by atoms with van der Waals surface area (Å²) in [6.07, 6.45) is 0. The van der Waals surface area contributed by atoms with Gasteiger partial charge in [0.15, 0.2) is 0 Å². The Morgan fingerprint density at radius 1 is 0.944 bits per heavy atom. The molecule has 0 N–H and O–H groups in total. The van der Waals surface area contributed by atoms with E-state index in [4.69, 9.17) is 21.3 Å². The maximum Gasteiger partial charge on any atom is 0.212 e. The van der Waals surface area contributed by atoms with E-state index in [0.717, 1.165) is 16.3 Å². The van der Waals surface area contributed by atoms with Gasteiger partial charge in [-0.05, 0) is 30.3 Å². The fraction of sp³-hybridized carbons (Fsp3) is 0. The number of hydrogen-bond donors (Lipinski definition) is 0. The summed E-state index contributed by atoms with van der Waals surface area (Å²) >= 11 is 5.87. The third-order valence-corrected chi connectivity index (χ3v) is 3.08. The summed E-state index contributed by atoms with van der Waals surface area (Å²) in [5.74, 6) is 1.05. The molecule has 3 rings (SSSR count). The fourth-order valence-electron chi connectivity index (χ4n) is 1.99. The Labute approximate surface area is 109 Å². The Kier molecular flexibility index (Phi) is 2.55. The van der Waals surface area contributed by atoms with Gasteiger partial charge in [0.1, 0.15) is 11.8 Å². The van der Waals surface area contributed by atoms with Gasteiger partial charge in [-0.2, -0.15) is 5.26 Å². The first-order valence-electron chi connectivity index (χ1n) is 5.47. The van der Waals surface area contributed by atoms with Crippen LogP contribution >= 0.6 is 11.6 Å². The van der Waals surface area contributed by atoms with Crippen molar-refractivity contribution in [3.8, 4) is 17.4 Å². The van der Waals surface area contributed by atoms with Gasteiger partial charge in [0.05, 0.1) is 0 Å². The first kappa shape index (κ1) is 10.9. The van der Waals surface area contributed by atoms with Crippen LogP contribution in [0.25, 0.3) is 22.1 Å². The molecule has 0 spiro atoms. The second-order valence-electron chi connectivity index (χ2n) is 3.92. The summed E-state index contributed by atoms with van der Waals surface area (Å²) in [6.45, 7) is 0. The molecular weight excluding hydrogens is 246 g/mol. The summed E-state index contributed by atoms with van der Waals surface area (Å²) in [5.41, 5.74) is 0.914. The number of hydrogen-bond acceptors (Lipinski definition) is 2. The van der Waals surface area contributed by atoms with Crippen molar-refractivity contribution in [2.75, 3.05) is 0 Å². The van der Waals surface area contributed by atoms with Crippen molar-refractivity contribution in [2.24, 2.45) is 0 Å². The molecule has 0 radical (unpaired) electrons. The standard InChI is InChI=1S/C15H8ClNO/c16-11-7-5-10(6-8-11)15-13-4-2-1-3-12(13)14(9-17)18-15/h1-8H. The molecule has 0 aliphatic rings. The minimum Gasteiger partial charge on any atom is -0.444 e. The molecule has 0 fully saturated rings. The molecule has 3 heteroatoms. The quantitative estimate of drug-likeness (QED) is 0.634. The predicted molar refractivity (Wildman–Crippen MR) is 71.4 cm³/mol. The van der Waals surface area contributed by atoms with Crippen molar-refractivity contribution in [2.45, 2.75) is 0 Å². The molecule has 2 nitrogen and oxygen atoms in total. The largest absolute Gasteiger partial charge is 0.444 e. The van der Waals surface area contributed by atoms with Crippen LogP contribution in [0.5, 0.6) is 0 Å². The monoisotopic (exact) mass is 253 g/mol. The van der Waals surface area contributed by atoms with Crippen LogP contribution in [0, 0.1) is 11.3 Å². The van der Waals surface area contributed by atoms with E-state index < -0.39 is 0 Å². The molecule has 1 aromatic heterocycles. The maximum absolute atomic E-state index is 9.08. The van der Waals surface area contributed by atoms with Crippen LogP contribution in [0.1, 0.15) is 5.76 Å². The number of furan rings is 1. The van der Waals surface area contributed by atoms with Gasteiger partial charge < -0.3 is 4.42 Å². The zero-order valence-corrected chi connectivity index (χ0v) is 10.1. The van der Waals surface area contributed by atoms with Crippen molar-refractivity contribution in [1.29, 1.82) is 5.26 Å². The van der Waals surface area contributed by atoms with Crippen molar-refractivity contribution < 1.29 is 4.42 Å². The Balaban J connectivity index is 2.30. The number of nitrogens with zero attached hydrogens (tertiary/aromatic N) is 1. The summed E-state index contributed by atoms with van der Waals surface area (Å²) < 4.78 is 5.64. The van der Waals surface area contributed by atoms with E-state index in [9.17, 15) is 0 Å². The van der Waals surface area contributed by atoms with Gasteiger partial charge in [-0.25, -0.2) is 0 Å². The summed E-state index contributed by atoms with van der Waals surface area (Å²) in [7, 11) is 0. The highest BCUT2D eigenvalue weighted by atomic mass is 35.5. The van der Waals surface area contributed by atoms with Gasteiger partial charge in [0.25, 0.3) is 0 Å². The van der Waals surface area contributed by atoms with Crippen LogP contribution in [0.15, 0.2) is 52.9 Å². The average molecular weight is 254 g/mol. The van der Waals surface area contributed by atoms with E-state index in [2.05, 4.69) is 6.07 Å². The van der Waals surface area contributed by atoms with Crippen molar-refractivity contribution in [1.82, 2.24) is 0 Å². The van der Waals surface area contributed by atoms with Gasteiger partial charge in [0, 0.05) is 21.4 Å². The average Bonchev–Trinajstić information content (AvgIpc) is 2.79. The predicted octanol–water partition coefficient (Wildman–Crippen LogP) is 4.62. The van der Waals surface area contributed by atoms with Gasteiger partial charge >= 0.3 is 0 Å². The fourth-order valence-corrected chi connectivity index (χ4v) is 2.12. The van der Waals surface area contributed by atoms with Crippen LogP contribution in [-0.2, 0) is 0 Å². The molecule has 3 aromatic rings. The first-order valence-corrected chi connectivity index (χ1v) is 5.85.